The molecule has 4 nitrogen and oxygen atoms in total. The van der Waals surface area contributed by atoms with Crippen molar-refractivity contribution in [1.29, 1.82) is 0 Å². The Morgan fingerprint density at radius 1 is 1.44 bits per heavy atom. The van der Waals surface area contributed by atoms with Crippen LogP contribution in [0.4, 0.5) is 0 Å². The Morgan fingerprint density at radius 2 is 2.00 bits per heavy atom. The highest BCUT2D eigenvalue weighted by atomic mass is 16.4. The minimum Gasteiger partial charge on any atom is -0.481 e. The molecule has 0 spiro atoms. The molecule has 0 aromatic rings. The van der Waals surface area contributed by atoms with Crippen molar-refractivity contribution < 1.29 is 20.1 Å². The summed E-state index contributed by atoms with van der Waals surface area (Å²) in [6.45, 7) is 1.77. The number of aliphatic carboxylic acids is 1. The average Bonchev–Trinajstić information content (AvgIpc) is 2.29. The van der Waals surface area contributed by atoms with Crippen molar-refractivity contribution in [2.24, 2.45) is 11.3 Å². The van der Waals surface area contributed by atoms with Gasteiger partial charge in [0.2, 0.25) is 0 Å². The van der Waals surface area contributed by atoms with Crippen LogP contribution in [0.5, 0.6) is 0 Å². The van der Waals surface area contributed by atoms with Crippen molar-refractivity contribution in [2.75, 3.05) is 6.61 Å². The Hall–Kier alpha value is -0.610. The fraction of sp³-hybridized carbons (Fsp3) is 0.917. The van der Waals surface area contributed by atoms with Crippen molar-refractivity contribution in [3.63, 3.8) is 0 Å². The fourth-order valence-corrected chi connectivity index (χ4v) is 2.66. The number of carboxylic acid groups (broad SMARTS) is 1. The first kappa shape index (κ1) is 13.5. The van der Waals surface area contributed by atoms with Gasteiger partial charge in [-0.2, -0.15) is 0 Å². The summed E-state index contributed by atoms with van der Waals surface area (Å²) in [4.78, 5) is 11.3. The lowest BCUT2D eigenvalue weighted by Gasteiger charge is -2.37. The van der Waals surface area contributed by atoms with E-state index in [-0.39, 0.29) is 13.0 Å². The monoisotopic (exact) mass is 230 g/mol. The highest BCUT2D eigenvalue weighted by Gasteiger charge is 2.42. The topological polar surface area (TPSA) is 77.8 Å². The second-order valence-corrected chi connectivity index (χ2v) is 4.98. The van der Waals surface area contributed by atoms with Gasteiger partial charge in [0.1, 0.15) is 0 Å². The Labute approximate surface area is 96.3 Å². The molecule has 1 atom stereocenters. The maximum atomic E-state index is 11.3. The summed E-state index contributed by atoms with van der Waals surface area (Å²) in [7, 11) is 0. The maximum Gasteiger partial charge on any atom is 0.309 e. The van der Waals surface area contributed by atoms with Crippen LogP contribution in [0.25, 0.3) is 0 Å². The van der Waals surface area contributed by atoms with Crippen LogP contribution in [0, 0.1) is 11.3 Å². The summed E-state index contributed by atoms with van der Waals surface area (Å²) in [6.07, 6.45) is 3.44. The molecule has 1 rings (SSSR count). The molecule has 0 heterocycles. The lowest BCUT2D eigenvalue weighted by Crippen LogP contribution is -2.39. The fourth-order valence-electron chi connectivity index (χ4n) is 2.66. The summed E-state index contributed by atoms with van der Waals surface area (Å²) in [6, 6.07) is 0. The van der Waals surface area contributed by atoms with Gasteiger partial charge in [-0.25, -0.2) is 0 Å². The maximum absolute atomic E-state index is 11.3. The van der Waals surface area contributed by atoms with E-state index in [2.05, 4.69) is 6.92 Å². The molecule has 1 aliphatic rings. The minimum absolute atomic E-state index is 0.176. The zero-order valence-electron chi connectivity index (χ0n) is 9.85. The van der Waals surface area contributed by atoms with E-state index in [0.29, 0.717) is 18.8 Å². The first-order valence-electron chi connectivity index (χ1n) is 6.06. The Bertz CT molecular complexity index is 231. The van der Waals surface area contributed by atoms with Crippen LogP contribution < -0.4 is 0 Å². The van der Waals surface area contributed by atoms with Gasteiger partial charge in [-0.15, -0.1) is 0 Å². The third-order valence-electron chi connectivity index (χ3n) is 3.93. The van der Waals surface area contributed by atoms with Crippen molar-refractivity contribution in [3.8, 4) is 0 Å². The van der Waals surface area contributed by atoms with Crippen LogP contribution >= 0.6 is 0 Å². The van der Waals surface area contributed by atoms with Crippen LogP contribution in [0.2, 0.25) is 0 Å². The lowest BCUT2D eigenvalue weighted by atomic mass is 9.67. The van der Waals surface area contributed by atoms with E-state index in [1.807, 2.05) is 0 Å². The van der Waals surface area contributed by atoms with Crippen LogP contribution in [0.1, 0.15) is 45.4 Å². The van der Waals surface area contributed by atoms with Gasteiger partial charge in [0.05, 0.1) is 18.1 Å². The highest BCUT2D eigenvalue weighted by Crippen LogP contribution is 2.43. The average molecular weight is 230 g/mol. The molecular formula is C12H22O4. The van der Waals surface area contributed by atoms with Gasteiger partial charge in [-0.05, 0) is 38.0 Å². The molecule has 1 aliphatic carbocycles. The SMILES string of the molecule is CCC1CCC(CC(O)CO)(C(=O)O)CC1. The molecule has 1 saturated carbocycles. The molecule has 0 aromatic heterocycles. The molecule has 16 heavy (non-hydrogen) atoms. The largest absolute Gasteiger partial charge is 0.481 e. The zero-order chi connectivity index (χ0) is 12.2. The Kier molecular flexibility index (Phi) is 4.74. The van der Waals surface area contributed by atoms with E-state index in [0.717, 1.165) is 19.3 Å². The summed E-state index contributed by atoms with van der Waals surface area (Å²) >= 11 is 0. The number of aliphatic hydroxyl groups excluding tert-OH is 2. The van der Waals surface area contributed by atoms with Crippen molar-refractivity contribution >= 4 is 5.97 Å². The number of carboxylic acids is 1. The Balaban J connectivity index is 2.65. The number of aliphatic hydroxyl groups is 2. The smallest absolute Gasteiger partial charge is 0.309 e. The molecule has 0 amide bonds. The van der Waals surface area contributed by atoms with E-state index in [1.54, 1.807) is 0 Å². The van der Waals surface area contributed by atoms with Gasteiger partial charge in [0, 0.05) is 0 Å². The normalized spacial score (nSPS) is 32.3. The second kappa shape index (κ2) is 5.64. The van der Waals surface area contributed by atoms with Crippen molar-refractivity contribution in [3.05, 3.63) is 0 Å². The summed E-state index contributed by atoms with van der Waals surface area (Å²) < 4.78 is 0. The highest BCUT2D eigenvalue weighted by molar-refractivity contribution is 5.74. The van der Waals surface area contributed by atoms with E-state index < -0.39 is 17.5 Å². The van der Waals surface area contributed by atoms with E-state index in [9.17, 15) is 15.0 Å². The van der Waals surface area contributed by atoms with Gasteiger partial charge in [0.15, 0.2) is 0 Å². The summed E-state index contributed by atoms with van der Waals surface area (Å²) in [5.74, 6) is -0.201. The van der Waals surface area contributed by atoms with Crippen molar-refractivity contribution in [1.82, 2.24) is 0 Å². The van der Waals surface area contributed by atoms with E-state index in [4.69, 9.17) is 5.11 Å². The van der Waals surface area contributed by atoms with E-state index in [1.165, 1.54) is 0 Å². The van der Waals surface area contributed by atoms with E-state index >= 15 is 0 Å². The minimum atomic E-state index is -0.908. The number of hydrogen-bond acceptors (Lipinski definition) is 3. The first-order valence-corrected chi connectivity index (χ1v) is 6.06. The van der Waals surface area contributed by atoms with Gasteiger partial charge >= 0.3 is 5.97 Å². The molecule has 1 unspecified atom stereocenters. The summed E-state index contributed by atoms with van der Waals surface area (Å²) in [5.41, 5.74) is -0.812. The molecule has 4 heteroatoms. The molecule has 0 radical (unpaired) electrons. The number of rotatable bonds is 5. The molecular weight excluding hydrogens is 208 g/mol. The van der Waals surface area contributed by atoms with Crippen LogP contribution in [0.3, 0.4) is 0 Å². The molecule has 0 aliphatic heterocycles. The molecule has 3 N–H and O–H groups in total. The molecule has 1 fully saturated rings. The van der Waals surface area contributed by atoms with Gasteiger partial charge in [-0.3, -0.25) is 4.79 Å². The van der Waals surface area contributed by atoms with Crippen LogP contribution in [0.15, 0.2) is 0 Å². The lowest BCUT2D eigenvalue weighted by molar-refractivity contribution is -0.154. The quantitative estimate of drug-likeness (QED) is 0.667. The number of hydrogen-bond donors (Lipinski definition) is 3. The number of carbonyl (C=O) groups is 1. The molecule has 0 aromatic carbocycles. The van der Waals surface area contributed by atoms with Crippen LogP contribution in [-0.4, -0.2) is 34.0 Å². The predicted octanol–water partition coefficient (Wildman–Crippen LogP) is 1.40. The molecule has 0 saturated heterocycles. The van der Waals surface area contributed by atoms with Gasteiger partial charge in [0.25, 0.3) is 0 Å². The predicted molar refractivity (Wildman–Crippen MR) is 60.0 cm³/mol. The third kappa shape index (κ3) is 2.95. The first-order chi connectivity index (χ1) is 7.54. The van der Waals surface area contributed by atoms with Crippen LogP contribution in [-0.2, 0) is 4.79 Å². The second-order valence-electron chi connectivity index (χ2n) is 4.98. The molecule has 0 bridgehead atoms. The standard InChI is InChI=1S/C12H22O4/c1-2-9-3-5-12(6-4-9,11(15)16)7-10(14)8-13/h9-10,13-14H,2-8H2,1H3,(H,15,16). The van der Waals surface area contributed by atoms with Crippen molar-refractivity contribution in [2.45, 2.75) is 51.6 Å². The summed E-state index contributed by atoms with van der Waals surface area (Å²) in [5, 5.41) is 27.6. The third-order valence-corrected chi connectivity index (χ3v) is 3.93. The van der Waals surface area contributed by atoms with Gasteiger partial charge < -0.3 is 15.3 Å². The van der Waals surface area contributed by atoms with Gasteiger partial charge in [-0.1, -0.05) is 13.3 Å². The zero-order valence-corrected chi connectivity index (χ0v) is 9.85. The molecule has 94 valence electrons. The Morgan fingerprint density at radius 3 is 2.38 bits per heavy atom.